The number of anilines is 1. The summed E-state index contributed by atoms with van der Waals surface area (Å²) in [7, 11) is -3.83. The summed E-state index contributed by atoms with van der Waals surface area (Å²) in [4.78, 5) is 6.59. The van der Waals surface area contributed by atoms with E-state index in [9.17, 15) is 12.8 Å². The molecule has 0 fully saturated rings. The predicted molar refractivity (Wildman–Crippen MR) is 77.9 cm³/mol. The van der Waals surface area contributed by atoms with Crippen molar-refractivity contribution < 1.29 is 12.8 Å². The fourth-order valence-corrected chi connectivity index (χ4v) is 3.36. The molecule has 0 atom stereocenters. The lowest BCUT2D eigenvalue weighted by Gasteiger charge is -2.23. The van der Waals surface area contributed by atoms with Gasteiger partial charge in [-0.25, -0.2) is 9.37 Å². The molecule has 2 rings (SSSR count). The molecule has 114 valence electrons. The maximum absolute atomic E-state index is 13.4. The van der Waals surface area contributed by atoms with Gasteiger partial charge in [0.25, 0.3) is 10.0 Å². The number of nitrogens with one attached hydrogen (secondary N) is 1. The highest BCUT2D eigenvalue weighted by Crippen LogP contribution is 2.23. The number of benzene rings is 1. The zero-order chi connectivity index (χ0) is 15.5. The zero-order valence-corrected chi connectivity index (χ0v) is 12.4. The molecule has 3 N–H and O–H groups in total. The Hall–Kier alpha value is -1.93. The molecule has 0 aliphatic carbocycles. The van der Waals surface area contributed by atoms with Crippen LogP contribution in [0.25, 0.3) is 0 Å². The van der Waals surface area contributed by atoms with Crippen LogP contribution in [0.3, 0.4) is 0 Å². The Labute approximate surface area is 122 Å². The van der Waals surface area contributed by atoms with Crippen LogP contribution in [0.2, 0.25) is 0 Å². The van der Waals surface area contributed by atoms with E-state index in [1.807, 2.05) is 0 Å². The second-order valence-electron chi connectivity index (χ2n) is 4.53. The van der Waals surface area contributed by atoms with Gasteiger partial charge in [-0.2, -0.15) is 8.42 Å². The first kappa shape index (κ1) is 15.5. The van der Waals surface area contributed by atoms with Gasteiger partial charge < -0.3 is 10.7 Å². The monoisotopic (exact) mass is 312 g/mol. The van der Waals surface area contributed by atoms with Gasteiger partial charge in [-0.05, 0) is 38.1 Å². The summed E-state index contributed by atoms with van der Waals surface area (Å²) in [5.41, 5.74) is 5.72. The van der Waals surface area contributed by atoms with Gasteiger partial charge in [0.15, 0.2) is 5.03 Å². The quantitative estimate of drug-likeness (QED) is 0.843. The average Bonchev–Trinajstić information content (AvgIpc) is 2.86. The standard InChI is InChI=1S/C13H17FN4O2S/c1-10-16-9-13(17-10)21(19,20)18(7-3-6-15)12-5-2-4-11(14)8-12/h2,4-5,8-9H,3,6-7,15H2,1H3,(H,16,17). The van der Waals surface area contributed by atoms with Crippen molar-refractivity contribution in [3.8, 4) is 0 Å². The largest absolute Gasteiger partial charge is 0.332 e. The Bertz CT molecular complexity index is 714. The maximum Gasteiger partial charge on any atom is 0.281 e. The van der Waals surface area contributed by atoms with Crippen molar-refractivity contribution in [1.82, 2.24) is 9.97 Å². The summed E-state index contributed by atoms with van der Waals surface area (Å²) in [5.74, 6) is -0.00664. The minimum Gasteiger partial charge on any atom is -0.332 e. The van der Waals surface area contributed by atoms with Crippen LogP contribution in [0.1, 0.15) is 12.2 Å². The van der Waals surface area contributed by atoms with Gasteiger partial charge in [-0.1, -0.05) is 6.07 Å². The lowest BCUT2D eigenvalue weighted by molar-refractivity contribution is 0.585. The smallest absolute Gasteiger partial charge is 0.281 e. The Morgan fingerprint density at radius 1 is 1.43 bits per heavy atom. The van der Waals surface area contributed by atoms with E-state index in [1.165, 1.54) is 24.4 Å². The fraction of sp³-hybridized carbons (Fsp3) is 0.308. The van der Waals surface area contributed by atoms with E-state index >= 15 is 0 Å². The Morgan fingerprint density at radius 3 is 2.76 bits per heavy atom. The molecule has 0 aliphatic heterocycles. The Morgan fingerprint density at radius 2 is 2.19 bits per heavy atom. The van der Waals surface area contributed by atoms with Gasteiger partial charge in [0.2, 0.25) is 0 Å². The normalized spacial score (nSPS) is 11.6. The molecule has 2 aromatic rings. The highest BCUT2D eigenvalue weighted by molar-refractivity contribution is 7.92. The van der Waals surface area contributed by atoms with Gasteiger partial charge in [0.05, 0.1) is 11.9 Å². The van der Waals surface area contributed by atoms with E-state index < -0.39 is 15.8 Å². The van der Waals surface area contributed by atoms with E-state index in [-0.39, 0.29) is 17.3 Å². The van der Waals surface area contributed by atoms with E-state index in [1.54, 1.807) is 13.0 Å². The Kier molecular flexibility index (Phi) is 4.59. The zero-order valence-electron chi connectivity index (χ0n) is 11.6. The van der Waals surface area contributed by atoms with Crippen LogP contribution >= 0.6 is 0 Å². The van der Waals surface area contributed by atoms with Crippen LogP contribution < -0.4 is 10.0 Å². The van der Waals surface area contributed by atoms with Crippen LogP contribution in [-0.2, 0) is 10.0 Å². The van der Waals surface area contributed by atoms with Gasteiger partial charge in [-0.3, -0.25) is 4.31 Å². The second-order valence-corrected chi connectivity index (χ2v) is 6.36. The Balaban J connectivity index is 2.44. The van der Waals surface area contributed by atoms with Crippen molar-refractivity contribution in [1.29, 1.82) is 0 Å². The SMILES string of the molecule is Cc1ncc(S(=O)(=O)N(CCCN)c2cccc(F)c2)[nH]1. The molecule has 0 amide bonds. The molecule has 0 spiro atoms. The highest BCUT2D eigenvalue weighted by atomic mass is 32.2. The molecular formula is C13H17FN4O2S. The molecule has 0 bridgehead atoms. The summed E-state index contributed by atoms with van der Waals surface area (Å²) < 4.78 is 39.8. The molecule has 0 saturated heterocycles. The lowest BCUT2D eigenvalue weighted by atomic mass is 10.3. The molecule has 0 radical (unpaired) electrons. The molecule has 0 unspecified atom stereocenters. The van der Waals surface area contributed by atoms with Crippen molar-refractivity contribution in [3.05, 3.63) is 42.1 Å². The van der Waals surface area contributed by atoms with Crippen LogP contribution in [0.5, 0.6) is 0 Å². The first-order chi connectivity index (χ1) is 9.95. The third-order valence-corrected chi connectivity index (χ3v) is 4.65. The van der Waals surface area contributed by atoms with E-state index in [0.29, 0.717) is 18.8 Å². The number of aromatic amines is 1. The average molecular weight is 312 g/mol. The number of halogens is 1. The van der Waals surface area contributed by atoms with E-state index in [2.05, 4.69) is 9.97 Å². The summed E-state index contributed by atoms with van der Waals surface area (Å²) in [6.45, 7) is 2.16. The van der Waals surface area contributed by atoms with E-state index in [4.69, 9.17) is 5.73 Å². The number of nitrogens with zero attached hydrogens (tertiary/aromatic N) is 2. The number of hydrogen-bond acceptors (Lipinski definition) is 4. The maximum atomic E-state index is 13.4. The number of H-pyrrole nitrogens is 1. The minimum atomic E-state index is -3.83. The third kappa shape index (κ3) is 3.40. The molecule has 8 heteroatoms. The predicted octanol–water partition coefficient (Wildman–Crippen LogP) is 1.40. The number of hydrogen-bond donors (Lipinski definition) is 2. The van der Waals surface area contributed by atoms with Gasteiger partial charge in [-0.15, -0.1) is 0 Å². The van der Waals surface area contributed by atoms with Crippen molar-refractivity contribution in [2.24, 2.45) is 5.73 Å². The van der Waals surface area contributed by atoms with Crippen molar-refractivity contribution in [2.45, 2.75) is 18.4 Å². The van der Waals surface area contributed by atoms with Gasteiger partial charge in [0.1, 0.15) is 11.6 Å². The second kappa shape index (κ2) is 6.23. The fourth-order valence-electron chi connectivity index (χ4n) is 1.90. The first-order valence-corrected chi connectivity index (χ1v) is 7.89. The molecule has 0 aliphatic rings. The third-order valence-electron chi connectivity index (χ3n) is 2.91. The number of rotatable bonds is 6. The molecule has 1 heterocycles. The molecule has 1 aromatic heterocycles. The molecule has 21 heavy (non-hydrogen) atoms. The number of imidazole rings is 1. The van der Waals surface area contributed by atoms with Crippen LogP contribution in [-0.4, -0.2) is 31.5 Å². The highest BCUT2D eigenvalue weighted by Gasteiger charge is 2.26. The number of aryl methyl sites for hydroxylation is 1. The lowest BCUT2D eigenvalue weighted by Crippen LogP contribution is -2.33. The topological polar surface area (TPSA) is 92.1 Å². The van der Waals surface area contributed by atoms with Crippen LogP contribution in [0.4, 0.5) is 10.1 Å². The minimum absolute atomic E-state index is 0.0266. The summed E-state index contributed by atoms with van der Waals surface area (Å²) in [6.07, 6.45) is 1.71. The van der Waals surface area contributed by atoms with E-state index in [0.717, 1.165) is 4.31 Å². The molecule has 0 saturated carbocycles. The number of aromatic nitrogens is 2. The van der Waals surface area contributed by atoms with Crippen molar-refractivity contribution in [2.75, 3.05) is 17.4 Å². The molecular weight excluding hydrogens is 295 g/mol. The molecule has 6 nitrogen and oxygen atoms in total. The number of nitrogens with two attached hydrogens (primary N) is 1. The molecule has 1 aromatic carbocycles. The van der Waals surface area contributed by atoms with Crippen molar-refractivity contribution >= 4 is 15.7 Å². The first-order valence-electron chi connectivity index (χ1n) is 6.45. The van der Waals surface area contributed by atoms with Crippen LogP contribution in [0, 0.1) is 12.7 Å². The van der Waals surface area contributed by atoms with Crippen molar-refractivity contribution in [3.63, 3.8) is 0 Å². The summed E-state index contributed by atoms with van der Waals surface area (Å²) >= 11 is 0. The van der Waals surface area contributed by atoms with Crippen LogP contribution in [0.15, 0.2) is 35.5 Å². The van der Waals surface area contributed by atoms with Gasteiger partial charge >= 0.3 is 0 Å². The number of sulfonamides is 1. The summed E-state index contributed by atoms with van der Waals surface area (Å²) in [5, 5.41) is -0.0266. The van der Waals surface area contributed by atoms with Gasteiger partial charge in [0, 0.05) is 6.54 Å². The summed E-state index contributed by atoms with van der Waals surface area (Å²) in [6, 6.07) is 5.45.